The summed E-state index contributed by atoms with van der Waals surface area (Å²) in [5.41, 5.74) is 2.42. The Hall–Kier alpha value is -2.85. The number of carbonyl (C=O) groups is 2. The van der Waals surface area contributed by atoms with Gasteiger partial charge in [0.05, 0.1) is 23.9 Å². The molecule has 0 radical (unpaired) electrons. The van der Waals surface area contributed by atoms with Crippen molar-refractivity contribution in [3.05, 3.63) is 65.0 Å². The lowest BCUT2D eigenvalue weighted by atomic mass is 10.1. The monoisotopic (exact) mass is 381 g/mol. The molecule has 136 valence electrons. The minimum atomic E-state index is -1.21. The van der Waals surface area contributed by atoms with Gasteiger partial charge in [-0.2, -0.15) is 5.26 Å². The second-order valence-electron chi connectivity index (χ2n) is 6.53. The first kappa shape index (κ1) is 17.6. The van der Waals surface area contributed by atoms with Crippen LogP contribution < -0.4 is 4.90 Å². The highest BCUT2D eigenvalue weighted by Crippen LogP contribution is 2.54. The first-order valence-corrected chi connectivity index (χ1v) is 9.49. The first-order chi connectivity index (χ1) is 13.0. The Bertz CT molecular complexity index is 1000. The third kappa shape index (κ3) is 2.60. The molecular formula is C20H16FN3O2S. The Morgan fingerprint density at radius 3 is 2.89 bits per heavy atom. The van der Waals surface area contributed by atoms with E-state index >= 15 is 0 Å². The molecule has 27 heavy (non-hydrogen) atoms. The fourth-order valence-corrected chi connectivity index (χ4v) is 5.30. The van der Waals surface area contributed by atoms with Crippen LogP contribution in [0.2, 0.25) is 0 Å². The highest BCUT2D eigenvalue weighted by molar-refractivity contribution is 8.01. The molecule has 2 heterocycles. The fraction of sp³-hybridized carbons (Fsp3) is 0.250. The number of nitriles is 1. The van der Waals surface area contributed by atoms with Crippen LogP contribution in [0.5, 0.6) is 0 Å². The Morgan fingerprint density at radius 2 is 2.15 bits per heavy atom. The Morgan fingerprint density at radius 1 is 1.33 bits per heavy atom. The van der Waals surface area contributed by atoms with Crippen molar-refractivity contribution in [3.63, 3.8) is 0 Å². The number of hydrogen-bond acceptors (Lipinski definition) is 4. The molecule has 1 fully saturated rings. The minimum absolute atomic E-state index is 0.211. The van der Waals surface area contributed by atoms with E-state index in [1.54, 1.807) is 29.2 Å². The molecule has 1 saturated heterocycles. The van der Waals surface area contributed by atoms with Gasteiger partial charge in [-0.25, -0.2) is 4.39 Å². The molecule has 0 aliphatic carbocycles. The van der Waals surface area contributed by atoms with Crippen LogP contribution in [0.15, 0.2) is 42.5 Å². The molecule has 0 bridgehead atoms. The molecule has 0 unspecified atom stereocenters. The summed E-state index contributed by atoms with van der Waals surface area (Å²) in [5, 5.41) is 9.11. The quantitative estimate of drug-likeness (QED) is 0.802. The maximum Gasteiger partial charge on any atom is 0.268 e. The summed E-state index contributed by atoms with van der Waals surface area (Å²) in [7, 11) is 0. The lowest BCUT2D eigenvalue weighted by Gasteiger charge is -2.32. The van der Waals surface area contributed by atoms with Crippen LogP contribution in [0, 0.1) is 17.1 Å². The summed E-state index contributed by atoms with van der Waals surface area (Å²) in [4.78, 5) is 27.6. The Kier molecular flexibility index (Phi) is 4.16. The van der Waals surface area contributed by atoms with Crippen molar-refractivity contribution in [2.24, 2.45) is 0 Å². The summed E-state index contributed by atoms with van der Waals surface area (Å²) >= 11 is 1.37. The summed E-state index contributed by atoms with van der Waals surface area (Å²) in [6.45, 7) is 2.12. The molecule has 7 heteroatoms. The van der Waals surface area contributed by atoms with E-state index in [-0.39, 0.29) is 18.4 Å². The molecule has 2 aromatic rings. The summed E-state index contributed by atoms with van der Waals surface area (Å²) in [5.74, 6) is -0.288. The fourth-order valence-electron chi connectivity index (χ4n) is 3.80. The third-order valence-electron chi connectivity index (χ3n) is 4.93. The van der Waals surface area contributed by atoms with E-state index in [1.165, 1.54) is 35.7 Å². The van der Waals surface area contributed by atoms with E-state index in [1.807, 2.05) is 6.07 Å². The van der Waals surface area contributed by atoms with Crippen molar-refractivity contribution < 1.29 is 14.0 Å². The average molecular weight is 381 g/mol. The highest BCUT2D eigenvalue weighted by atomic mass is 32.2. The van der Waals surface area contributed by atoms with Crippen LogP contribution in [-0.2, 0) is 21.0 Å². The molecule has 1 atom stereocenters. The molecule has 2 amide bonds. The van der Waals surface area contributed by atoms with Gasteiger partial charge < -0.3 is 9.80 Å². The third-order valence-corrected chi connectivity index (χ3v) is 6.35. The number of nitrogens with zero attached hydrogens (tertiary/aromatic N) is 3. The van der Waals surface area contributed by atoms with Crippen molar-refractivity contribution in [1.82, 2.24) is 4.90 Å². The molecule has 0 saturated carbocycles. The van der Waals surface area contributed by atoms with Crippen LogP contribution in [0.1, 0.15) is 23.6 Å². The summed E-state index contributed by atoms with van der Waals surface area (Å²) < 4.78 is 14.0. The van der Waals surface area contributed by atoms with E-state index in [4.69, 9.17) is 5.26 Å². The van der Waals surface area contributed by atoms with Gasteiger partial charge in [-0.05, 0) is 35.9 Å². The van der Waals surface area contributed by atoms with Crippen molar-refractivity contribution in [2.75, 3.05) is 17.2 Å². The number of fused-ring (bicyclic) bond motifs is 2. The van der Waals surface area contributed by atoms with Crippen LogP contribution in [-0.4, -0.2) is 29.0 Å². The molecule has 4 rings (SSSR count). The molecule has 2 aliphatic rings. The van der Waals surface area contributed by atoms with E-state index in [2.05, 4.69) is 6.07 Å². The molecule has 5 nitrogen and oxygen atoms in total. The van der Waals surface area contributed by atoms with Crippen LogP contribution in [0.4, 0.5) is 10.1 Å². The van der Waals surface area contributed by atoms with Gasteiger partial charge in [0, 0.05) is 24.8 Å². The number of anilines is 1. The second kappa shape index (κ2) is 6.39. The summed E-state index contributed by atoms with van der Waals surface area (Å²) in [6.07, 6.45) is 0. The number of carbonyl (C=O) groups excluding carboxylic acids is 2. The standard InChI is InChI=1S/C20H16FN3O2S/c1-13(25)24-7-8-27-20(24)17-10-16(21)5-6-18(17)23(19(20)26)12-15-4-2-3-14(9-15)11-22/h2-6,9-10H,7-8,12H2,1H3/t20-/m1/s1. The molecule has 0 aromatic heterocycles. The maximum atomic E-state index is 14.0. The van der Waals surface area contributed by atoms with E-state index < -0.39 is 10.7 Å². The van der Waals surface area contributed by atoms with Crippen molar-refractivity contribution in [2.45, 2.75) is 18.3 Å². The van der Waals surface area contributed by atoms with Gasteiger partial charge in [0.1, 0.15) is 5.82 Å². The number of amides is 2. The zero-order valence-corrected chi connectivity index (χ0v) is 15.4. The summed E-state index contributed by atoms with van der Waals surface area (Å²) in [6, 6.07) is 13.4. The topological polar surface area (TPSA) is 64.4 Å². The van der Waals surface area contributed by atoms with E-state index in [0.717, 1.165) is 5.56 Å². The van der Waals surface area contributed by atoms with Crippen LogP contribution in [0.25, 0.3) is 0 Å². The predicted octanol–water partition coefficient (Wildman–Crippen LogP) is 2.99. The van der Waals surface area contributed by atoms with Gasteiger partial charge in [-0.1, -0.05) is 12.1 Å². The van der Waals surface area contributed by atoms with Crippen molar-refractivity contribution in [1.29, 1.82) is 5.26 Å². The van der Waals surface area contributed by atoms with Gasteiger partial charge in [0.25, 0.3) is 5.91 Å². The zero-order chi connectivity index (χ0) is 19.2. The number of thioether (sulfide) groups is 1. The van der Waals surface area contributed by atoms with E-state index in [0.29, 0.717) is 29.1 Å². The zero-order valence-electron chi connectivity index (χ0n) is 14.6. The van der Waals surface area contributed by atoms with Gasteiger partial charge in [0.2, 0.25) is 5.91 Å². The Balaban J connectivity index is 1.82. The Labute approximate surface area is 160 Å². The molecule has 2 aromatic carbocycles. The number of benzene rings is 2. The van der Waals surface area contributed by atoms with Crippen molar-refractivity contribution in [3.8, 4) is 6.07 Å². The highest BCUT2D eigenvalue weighted by Gasteiger charge is 2.58. The maximum absolute atomic E-state index is 14.0. The molecule has 0 N–H and O–H groups in total. The molecule has 2 aliphatic heterocycles. The van der Waals surface area contributed by atoms with Gasteiger partial charge in [-0.3, -0.25) is 9.59 Å². The second-order valence-corrected chi connectivity index (χ2v) is 7.82. The predicted molar refractivity (Wildman–Crippen MR) is 100 cm³/mol. The van der Waals surface area contributed by atoms with Gasteiger partial charge in [-0.15, -0.1) is 11.8 Å². The van der Waals surface area contributed by atoms with Crippen LogP contribution >= 0.6 is 11.8 Å². The van der Waals surface area contributed by atoms with Crippen LogP contribution in [0.3, 0.4) is 0 Å². The number of rotatable bonds is 2. The normalized spacial score (nSPS) is 20.9. The van der Waals surface area contributed by atoms with E-state index in [9.17, 15) is 14.0 Å². The number of hydrogen-bond donors (Lipinski definition) is 0. The lowest BCUT2D eigenvalue weighted by Crippen LogP contribution is -2.49. The average Bonchev–Trinajstić information content (AvgIpc) is 3.20. The lowest BCUT2D eigenvalue weighted by molar-refractivity contribution is -0.138. The first-order valence-electron chi connectivity index (χ1n) is 8.50. The smallest absolute Gasteiger partial charge is 0.268 e. The molecule has 1 spiro atoms. The largest absolute Gasteiger partial charge is 0.315 e. The molecular weight excluding hydrogens is 365 g/mol. The van der Waals surface area contributed by atoms with Crippen molar-refractivity contribution >= 4 is 29.3 Å². The number of halogens is 1. The SMILES string of the molecule is CC(=O)N1CCS[C@]12C(=O)N(Cc1cccc(C#N)c1)c1ccc(F)cc12. The van der Waals surface area contributed by atoms with Gasteiger partial charge in [0.15, 0.2) is 4.87 Å². The minimum Gasteiger partial charge on any atom is -0.315 e. The van der Waals surface area contributed by atoms with Gasteiger partial charge >= 0.3 is 0 Å².